The van der Waals surface area contributed by atoms with E-state index in [9.17, 15) is 13.5 Å². The van der Waals surface area contributed by atoms with Crippen LogP contribution in [-0.2, 0) is 10.0 Å². The number of hydrogen-bond acceptors (Lipinski definition) is 6. The number of hydrazone groups is 1. The number of thiophene rings is 1. The highest BCUT2D eigenvalue weighted by atomic mass is 79.9. The van der Waals surface area contributed by atoms with Gasteiger partial charge in [0.15, 0.2) is 0 Å². The second-order valence-corrected chi connectivity index (χ2v) is 9.28. The van der Waals surface area contributed by atoms with Gasteiger partial charge < -0.3 is 5.11 Å². The molecule has 6 nitrogen and oxygen atoms in total. The minimum absolute atomic E-state index is 0.120. The quantitative estimate of drug-likeness (QED) is 0.309. The van der Waals surface area contributed by atoms with Crippen molar-refractivity contribution in [3.63, 3.8) is 0 Å². The first-order chi connectivity index (χ1) is 13.4. The number of nitrogens with zero attached hydrogens (tertiary/aromatic N) is 1. The highest BCUT2D eigenvalue weighted by Crippen LogP contribution is 2.23. The summed E-state index contributed by atoms with van der Waals surface area (Å²) < 4.78 is 28.3. The largest absolute Gasteiger partial charge is 0.857 e. The van der Waals surface area contributed by atoms with Gasteiger partial charge >= 0.3 is 0 Å². The summed E-state index contributed by atoms with van der Waals surface area (Å²) in [7, 11) is -3.78. The maximum absolute atomic E-state index is 12.5. The number of benzene rings is 2. The summed E-state index contributed by atoms with van der Waals surface area (Å²) in [4.78, 5) is 0. The zero-order valence-electron chi connectivity index (χ0n) is 14.4. The summed E-state index contributed by atoms with van der Waals surface area (Å²) in [5, 5.41) is 18.0. The summed E-state index contributed by atoms with van der Waals surface area (Å²) in [5.74, 6) is -0.627. The molecule has 1 heterocycles. The predicted molar refractivity (Wildman–Crippen MR) is 114 cm³/mol. The SMILES string of the molecule is C=C(NN=C([O-])c1ccccc1NS(=O)(=O)c1cccs1)c1ccccc1Br. The second kappa shape index (κ2) is 8.59. The van der Waals surface area contributed by atoms with Crippen molar-refractivity contribution in [1.29, 1.82) is 0 Å². The van der Waals surface area contributed by atoms with Gasteiger partial charge in [-0.2, -0.15) is 5.10 Å². The minimum atomic E-state index is -3.78. The fourth-order valence-electron chi connectivity index (χ4n) is 2.31. The van der Waals surface area contributed by atoms with E-state index in [-0.39, 0.29) is 15.5 Å². The Balaban J connectivity index is 1.83. The van der Waals surface area contributed by atoms with E-state index in [4.69, 9.17) is 0 Å². The highest BCUT2D eigenvalue weighted by molar-refractivity contribution is 9.10. The number of para-hydroxylation sites is 1. The van der Waals surface area contributed by atoms with Gasteiger partial charge in [0.1, 0.15) is 4.21 Å². The fourth-order valence-corrected chi connectivity index (χ4v) is 4.91. The van der Waals surface area contributed by atoms with Crippen LogP contribution in [0.5, 0.6) is 0 Å². The molecule has 0 radical (unpaired) electrons. The van der Waals surface area contributed by atoms with E-state index in [1.165, 1.54) is 18.2 Å². The van der Waals surface area contributed by atoms with Gasteiger partial charge in [-0.05, 0) is 23.6 Å². The van der Waals surface area contributed by atoms with E-state index in [1.54, 1.807) is 23.6 Å². The molecule has 0 aliphatic heterocycles. The normalized spacial score (nSPS) is 11.8. The van der Waals surface area contributed by atoms with Crippen LogP contribution in [0.1, 0.15) is 11.1 Å². The van der Waals surface area contributed by atoms with Crippen LogP contribution >= 0.6 is 27.3 Å². The molecule has 0 aliphatic rings. The number of halogens is 1. The first kappa shape index (κ1) is 20.1. The van der Waals surface area contributed by atoms with Gasteiger partial charge in [0.25, 0.3) is 10.0 Å². The Labute approximate surface area is 175 Å². The van der Waals surface area contributed by atoms with Crippen LogP contribution in [0, 0.1) is 0 Å². The Kier molecular flexibility index (Phi) is 6.18. The van der Waals surface area contributed by atoms with E-state index in [2.05, 4.69) is 37.8 Å². The Morgan fingerprint density at radius 2 is 1.71 bits per heavy atom. The topological polar surface area (TPSA) is 93.6 Å². The molecule has 0 atom stereocenters. The summed E-state index contributed by atoms with van der Waals surface area (Å²) in [6, 6.07) is 16.8. The molecule has 0 bridgehead atoms. The lowest BCUT2D eigenvalue weighted by molar-refractivity contribution is -0.213. The molecule has 0 saturated carbocycles. The first-order valence-corrected chi connectivity index (χ1v) is 11.1. The molecule has 2 N–H and O–H groups in total. The van der Waals surface area contributed by atoms with Gasteiger partial charge in [0, 0.05) is 21.5 Å². The Bertz CT molecular complexity index is 1130. The lowest BCUT2D eigenvalue weighted by Crippen LogP contribution is -2.25. The molecule has 0 saturated heterocycles. The molecule has 3 aromatic rings. The van der Waals surface area contributed by atoms with E-state index in [0.717, 1.165) is 21.4 Å². The highest BCUT2D eigenvalue weighted by Gasteiger charge is 2.16. The summed E-state index contributed by atoms with van der Waals surface area (Å²) in [5.41, 5.74) is 4.09. The van der Waals surface area contributed by atoms with Crippen molar-refractivity contribution in [2.45, 2.75) is 4.21 Å². The maximum Gasteiger partial charge on any atom is 0.271 e. The molecule has 0 unspecified atom stereocenters. The van der Waals surface area contributed by atoms with E-state index < -0.39 is 15.9 Å². The van der Waals surface area contributed by atoms with Crippen molar-refractivity contribution < 1.29 is 13.5 Å². The van der Waals surface area contributed by atoms with Crippen LogP contribution in [-0.4, -0.2) is 14.3 Å². The van der Waals surface area contributed by atoms with Crippen LogP contribution in [0.2, 0.25) is 0 Å². The number of anilines is 1. The van der Waals surface area contributed by atoms with Crippen LogP contribution in [0.15, 0.2) is 86.4 Å². The van der Waals surface area contributed by atoms with Crippen molar-refractivity contribution >= 4 is 54.6 Å². The zero-order valence-corrected chi connectivity index (χ0v) is 17.6. The molecular formula is C19H15BrN3O3S2-. The predicted octanol–water partition coefficient (Wildman–Crippen LogP) is 3.59. The van der Waals surface area contributed by atoms with Gasteiger partial charge in [-0.25, -0.2) is 8.42 Å². The van der Waals surface area contributed by atoms with E-state index in [0.29, 0.717) is 5.70 Å². The Morgan fingerprint density at radius 1 is 1.04 bits per heavy atom. The number of hydrogen-bond donors (Lipinski definition) is 2. The van der Waals surface area contributed by atoms with Gasteiger partial charge in [-0.15, -0.1) is 11.3 Å². The van der Waals surface area contributed by atoms with E-state index >= 15 is 0 Å². The molecule has 0 amide bonds. The monoisotopic (exact) mass is 476 g/mol. The van der Waals surface area contributed by atoms with Crippen LogP contribution < -0.4 is 15.3 Å². The van der Waals surface area contributed by atoms with E-state index in [1.807, 2.05) is 24.3 Å². The molecule has 0 spiro atoms. The Hall–Kier alpha value is -2.62. The van der Waals surface area contributed by atoms with Gasteiger partial charge in [-0.3, -0.25) is 10.1 Å². The lowest BCUT2D eigenvalue weighted by atomic mass is 10.2. The Morgan fingerprint density at radius 3 is 2.39 bits per heavy atom. The van der Waals surface area contributed by atoms with Gasteiger partial charge in [0.05, 0.1) is 11.4 Å². The molecule has 0 aliphatic carbocycles. The van der Waals surface area contributed by atoms with Crippen molar-refractivity contribution in [3.05, 3.63) is 88.2 Å². The van der Waals surface area contributed by atoms with Gasteiger partial charge in [-0.1, -0.05) is 65.0 Å². The average molecular weight is 477 g/mol. The lowest BCUT2D eigenvalue weighted by Gasteiger charge is -2.17. The van der Waals surface area contributed by atoms with Crippen molar-refractivity contribution in [3.8, 4) is 0 Å². The molecule has 144 valence electrons. The third-order valence-electron chi connectivity index (χ3n) is 3.65. The van der Waals surface area contributed by atoms with Crippen molar-refractivity contribution in [2.24, 2.45) is 5.10 Å². The first-order valence-electron chi connectivity index (χ1n) is 7.99. The zero-order chi connectivity index (χ0) is 20.1. The summed E-state index contributed by atoms with van der Waals surface area (Å²) in [6.45, 7) is 3.87. The molecule has 1 aromatic heterocycles. The summed E-state index contributed by atoms with van der Waals surface area (Å²) >= 11 is 4.50. The van der Waals surface area contributed by atoms with Crippen LogP contribution in [0.4, 0.5) is 5.69 Å². The van der Waals surface area contributed by atoms with Crippen molar-refractivity contribution in [1.82, 2.24) is 5.43 Å². The van der Waals surface area contributed by atoms with Crippen LogP contribution in [0.3, 0.4) is 0 Å². The molecular weight excluding hydrogens is 462 g/mol. The van der Waals surface area contributed by atoms with Crippen LogP contribution in [0.25, 0.3) is 5.70 Å². The maximum atomic E-state index is 12.5. The standard InChI is InChI=1S/C19H16BrN3O3S2/c1-13(14-7-2-4-9-16(14)20)21-22-19(24)15-8-3-5-10-17(15)23-28(25,26)18-11-6-12-27-18/h2-12,21,23H,1H2,(H,22,24)/p-1. The second-order valence-electron chi connectivity index (χ2n) is 5.57. The molecule has 28 heavy (non-hydrogen) atoms. The minimum Gasteiger partial charge on any atom is -0.857 e. The van der Waals surface area contributed by atoms with Crippen molar-refractivity contribution in [2.75, 3.05) is 4.72 Å². The third-order valence-corrected chi connectivity index (χ3v) is 7.11. The third kappa shape index (κ3) is 4.61. The van der Waals surface area contributed by atoms with Gasteiger partial charge in [0.2, 0.25) is 0 Å². The molecule has 0 fully saturated rings. The number of rotatable bonds is 7. The fraction of sp³-hybridized carbons (Fsp3) is 0. The molecule has 2 aromatic carbocycles. The average Bonchev–Trinajstić information content (AvgIpc) is 3.22. The smallest absolute Gasteiger partial charge is 0.271 e. The molecule has 9 heteroatoms. The summed E-state index contributed by atoms with van der Waals surface area (Å²) in [6.07, 6.45) is 0. The number of nitrogens with one attached hydrogen (secondary N) is 2. The molecule has 3 rings (SSSR count). The number of sulfonamides is 1.